The molecule has 130 valence electrons. The predicted molar refractivity (Wildman–Crippen MR) is 93.5 cm³/mol. The number of hydrogen-bond donors (Lipinski definition) is 1. The zero-order chi connectivity index (χ0) is 14.9. The van der Waals surface area contributed by atoms with E-state index in [-0.39, 0.29) is 36.5 Å². The van der Waals surface area contributed by atoms with Crippen molar-refractivity contribution >= 4 is 30.7 Å². The van der Waals surface area contributed by atoms with Crippen molar-refractivity contribution in [2.45, 2.75) is 31.3 Å². The molecule has 23 heavy (non-hydrogen) atoms. The lowest BCUT2D eigenvalue weighted by molar-refractivity contribution is -0.133. The van der Waals surface area contributed by atoms with Crippen molar-refractivity contribution < 1.29 is 9.18 Å². The number of carbonyl (C=O) groups excluding carboxylic acids is 1. The molecule has 7 heteroatoms. The van der Waals surface area contributed by atoms with E-state index in [1.165, 1.54) is 12.1 Å². The van der Waals surface area contributed by atoms with Crippen LogP contribution in [0.3, 0.4) is 0 Å². The summed E-state index contributed by atoms with van der Waals surface area (Å²) in [6.07, 6.45) is 2.60. The summed E-state index contributed by atoms with van der Waals surface area (Å²) in [5.41, 5.74) is 6.55. The summed E-state index contributed by atoms with van der Waals surface area (Å²) >= 11 is 0. The molecule has 0 unspecified atom stereocenters. The molecule has 1 amide bonds. The molecular formula is C16H24Cl2FN3O. The van der Waals surface area contributed by atoms with Crippen molar-refractivity contribution in [3.8, 4) is 0 Å². The van der Waals surface area contributed by atoms with Gasteiger partial charge in [-0.1, -0.05) is 12.1 Å². The van der Waals surface area contributed by atoms with Crippen molar-refractivity contribution in [2.24, 2.45) is 5.73 Å². The van der Waals surface area contributed by atoms with Gasteiger partial charge in [0.15, 0.2) is 0 Å². The first kappa shape index (κ1) is 20.2. The van der Waals surface area contributed by atoms with Crippen molar-refractivity contribution in [3.63, 3.8) is 0 Å². The van der Waals surface area contributed by atoms with Gasteiger partial charge in [0, 0.05) is 32.7 Å². The van der Waals surface area contributed by atoms with Crippen LogP contribution in [0.5, 0.6) is 0 Å². The van der Waals surface area contributed by atoms with E-state index in [1.54, 1.807) is 0 Å². The highest BCUT2D eigenvalue weighted by Gasteiger charge is 2.48. The summed E-state index contributed by atoms with van der Waals surface area (Å²) in [6.45, 7) is 4.13. The van der Waals surface area contributed by atoms with Crippen molar-refractivity contribution in [2.75, 3.05) is 26.2 Å². The molecule has 3 rings (SSSR count). The number of hydrogen-bond acceptors (Lipinski definition) is 3. The Morgan fingerprint density at radius 2 is 1.74 bits per heavy atom. The maximum atomic E-state index is 12.9. The number of nitrogens with two attached hydrogens (primary N) is 1. The van der Waals surface area contributed by atoms with Crippen LogP contribution in [0.15, 0.2) is 24.3 Å². The fourth-order valence-corrected chi connectivity index (χ4v) is 2.84. The van der Waals surface area contributed by atoms with Gasteiger partial charge in [-0.2, -0.15) is 0 Å². The largest absolute Gasteiger partial charge is 0.340 e. The van der Waals surface area contributed by atoms with E-state index in [0.29, 0.717) is 0 Å². The number of nitrogens with zero attached hydrogens (tertiary/aromatic N) is 2. The Morgan fingerprint density at radius 1 is 1.09 bits per heavy atom. The fraction of sp³-hybridized carbons (Fsp3) is 0.562. The van der Waals surface area contributed by atoms with Gasteiger partial charge in [0.1, 0.15) is 5.82 Å². The summed E-state index contributed by atoms with van der Waals surface area (Å²) in [5.74, 6) is -0.0878. The van der Waals surface area contributed by atoms with Gasteiger partial charge in [-0.25, -0.2) is 4.39 Å². The highest BCUT2D eigenvalue weighted by atomic mass is 35.5. The minimum absolute atomic E-state index is 0. The molecule has 0 aromatic heterocycles. The molecule has 1 saturated carbocycles. The second kappa shape index (κ2) is 8.29. The Hall–Kier alpha value is -0.880. The topological polar surface area (TPSA) is 49.6 Å². The van der Waals surface area contributed by atoms with E-state index >= 15 is 0 Å². The first-order valence-electron chi connectivity index (χ1n) is 7.62. The molecule has 2 aliphatic rings. The summed E-state index contributed by atoms with van der Waals surface area (Å²) < 4.78 is 12.9. The van der Waals surface area contributed by atoms with Crippen LogP contribution in [0.25, 0.3) is 0 Å². The highest BCUT2D eigenvalue weighted by molar-refractivity contribution is 5.89. The lowest BCUT2D eigenvalue weighted by Gasteiger charge is -2.24. The third-order valence-electron chi connectivity index (χ3n) is 4.41. The van der Waals surface area contributed by atoms with E-state index < -0.39 is 5.54 Å². The van der Waals surface area contributed by atoms with E-state index in [4.69, 9.17) is 5.73 Å². The van der Waals surface area contributed by atoms with E-state index in [0.717, 1.165) is 57.5 Å². The lowest BCUT2D eigenvalue weighted by atomic mass is 10.2. The third-order valence-corrected chi connectivity index (χ3v) is 4.41. The average molecular weight is 364 g/mol. The Morgan fingerprint density at radius 3 is 2.35 bits per heavy atom. The van der Waals surface area contributed by atoms with Gasteiger partial charge in [-0.15, -0.1) is 24.8 Å². The van der Waals surface area contributed by atoms with Gasteiger partial charge in [0.2, 0.25) is 5.91 Å². The van der Waals surface area contributed by atoms with Crippen LogP contribution in [-0.4, -0.2) is 47.4 Å². The summed E-state index contributed by atoms with van der Waals surface area (Å²) in [6, 6.07) is 6.63. The Bertz CT molecular complexity index is 523. The van der Waals surface area contributed by atoms with Gasteiger partial charge >= 0.3 is 0 Å². The first-order valence-corrected chi connectivity index (χ1v) is 7.62. The molecule has 1 heterocycles. The van der Waals surface area contributed by atoms with Gasteiger partial charge in [-0.05, 0) is 37.0 Å². The monoisotopic (exact) mass is 363 g/mol. The smallest absolute Gasteiger partial charge is 0.242 e. The Balaban J connectivity index is 0.00000132. The predicted octanol–water partition coefficient (Wildman–Crippen LogP) is 2.19. The van der Waals surface area contributed by atoms with Gasteiger partial charge in [0.05, 0.1) is 5.54 Å². The van der Waals surface area contributed by atoms with Crippen LogP contribution < -0.4 is 5.73 Å². The summed E-state index contributed by atoms with van der Waals surface area (Å²) in [4.78, 5) is 16.5. The number of rotatable bonds is 3. The highest BCUT2D eigenvalue weighted by Crippen LogP contribution is 2.34. The molecule has 0 bridgehead atoms. The SMILES string of the molecule is Cl.Cl.NC1(C(=O)N2CCCN(Cc3ccc(F)cc3)CC2)CC1. The van der Waals surface area contributed by atoms with Gasteiger partial charge in [0.25, 0.3) is 0 Å². The van der Waals surface area contributed by atoms with Crippen molar-refractivity contribution in [3.05, 3.63) is 35.6 Å². The lowest BCUT2D eigenvalue weighted by Crippen LogP contribution is -2.47. The summed E-state index contributed by atoms with van der Waals surface area (Å²) in [5, 5.41) is 0. The molecule has 1 saturated heterocycles. The molecule has 1 aromatic rings. The first-order chi connectivity index (χ1) is 10.1. The maximum Gasteiger partial charge on any atom is 0.242 e. The second-order valence-corrected chi connectivity index (χ2v) is 6.20. The second-order valence-electron chi connectivity index (χ2n) is 6.20. The number of benzene rings is 1. The third kappa shape index (κ3) is 5.05. The minimum atomic E-state index is -0.563. The molecule has 4 nitrogen and oxygen atoms in total. The quantitative estimate of drug-likeness (QED) is 0.895. The Kier molecular flexibility index (Phi) is 7.27. The van der Waals surface area contributed by atoms with Crippen LogP contribution in [0.1, 0.15) is 24.8 Å². The van der Waals surface area contributed by atoms with E-state index in [9.17, 15) is 9.18 Å². The van der Waals surface area contributed by atoms with Gasteiger partial charge in [-0.3, -0.25) is 9.69 Å². The minimum Gasteiger partial charge on any atom is -0.340 e. The molecule has 0 atom stereocenters. The zero-order valence-electron chi connectivity index (χ0n) is 13.0. The molecule has 2 fully saturated rings. The molecule has 0 spiro atoms. The van der Waals surface area contributed by atoms with Crippen LogP contribution in [0.4, 0.5) is 4.39 Å². The molecule has 1 aromatic carbocycles. The normalized spacial score (nSPS) is 20.0. The number of carbonyl (C=O) groups is 1. The number of halogens is 3. The molecule has 2 N–H and O–H groups in total. The molecule has 1 aliphatic carbocycles. The zero-order valence-corrected chi connectivity index (χ0v) is 14.7. The number of amides is 1. The van der Waals surface area contributed by atoms with E-state index in [1.807, 2.05) is 17.0 Å². The molecular weight excluding hydrogens is 340 g/mol. The maximum absolute atomic E-state index is 12.9. The van der Waals surface area contributed by atoms with Crippen molar-refractivity contribution in [1.82, 2.24) is 9.80 Å². The molecule has 1 aliphatic heterocycles. The standard InChI is InChI=1S/C16H22FN3O.2ClH/c17-14-4-2-13(3-5-14)12-19-8-1-9-20(11-10-19)15(21)16(18)6-7-16;;/h2-5H,1,6-12,18H2;2*1H. The van der Waals surface area contributed by atoms with Crippen LogP contribution in [0.2, 0.25) is 0 Å². The van der Waals surface area contributed by atoms with Gasteiger partial charge < -0.3 is 10.6 Å². The van der Waals surface area contributed by atoms with Crippen LogP contribution >= 0.6 is 24.8 Å². The van der Waals surface area contributed by atoms with Crippen molar-refractivity contribution in [1.29, 1.82) is 0 Å². The van der Waals surface area contributed by atoms with Crippen LogP contribution in [-0.2, 0) is 11.3 Å². The molecule has 0 radical (unpaired) electrons. The fourth-order valence-electron chi connectivity index (χ4n) is 2.84. The summed E-state index contributed by atoms with van der Waals surface area (Å²) in [7, 11) is 0. The Labute approximate surface area is 149 Å². The van der Waals surface area contributed by atoms with E-state index in [2.05, 4.69) is 4.90 Å². The average Bonchev–Trinajstić information content (AvgIpc) is 3.25. The van der Waals surface area contributed by atoms with Crippen LogP contribution in [0, 0.1) is 5.82 Å².